The van der Waals surface area contributed by atoms with Gasteiger partial charge >= 0.3 is 5.97 Å². The Kier molecular flexibility index (Phi) is 5.52. The lowest BCUT2D eigenvalue weighted by Gasteiger charge is -2.18. The lowest BCUT2D eigenvalue weighted by Crippen LogP contribution is -2.29. The molecule has 2 rings (SSSR count). The topological polar surface area (TPSA) is 71.8 Å². The molecule has 0 aliphatic heterocycles. The Morgan fingerprint density at radius 3 is 2.52 bits per heavy atom. The van der Waals surface area contributed by atoms with Crippen LogP contribution >= 0.6 is 0 Å². The van der Waals surface area contributed by atoms with Crippen molar-refractivity contribution in [2.45, 2.75) is 26.7 Å². The van der Waals surface area contributed by atoms with Crippen LogP contribution < -0.4 is 4.74 Å². The summed E-state index contributed by atoms with van der Waals surface area (Å²) in [6.07, 6.45) is 2.56. The standard InChI is InChI=1S/C19H26N2O4/c1-19(2,18(23)24)11-17(22)21-12-13(8-9-20(3)4)15-7-6-14(25-5)10-16(15)21/h6-7,10,12H,8-9,11H2,1-5H3,(H,23,24). The molecule has 0 fully saturated rings. The number of carboxylic acids is 1. The van der Waals surface area contributed by atoms with Gasteiger partial charge in [-0.1, -0.05) is 0 Å². The molecule has 0 atom stereocenters. The molecule has 0 aliphatic rings. The summed E-state index contributed by atoms with van der Waals surface area (Å²) in [5.74, 6) is -0.555. The number of benzene rings is 1. The molecule has 0 aliphatic carbocycles. The second-order valence-corrected chi connectivity index (χ2v) is 7.22. The SMILES string of the molecule is COc1ccc2c(CCN(C)C)cn(C(=O)CC(C)(C)C(=O)O)c2c1. The highest BCUT2D eigenvalue weighted by Crippen LogP contribution is 2.29. The predicted molar refractivity (Wildman–Crippen MR) is 97.4 cm³/mol. The van der Waals surface area contributed by atoms with Crippen molar-refractivity contribution in [3.05, 3.63) is 30.0 Å². The van der Waals surface area contributed by atoms with Crippen molar-refractivity contribution in [3.63, 3.8) is 0 Å². The van der Waals surface area contributed by atoms with E-state index in [0.29, 0.717) is 5.75 Å². The predicted octanol–water partition coefficient (Wildman–Crippen LogP) is 2.90. The van der Waals surface area contributed by atoms with Gasteiger partial charge in [-0.3, -0.25) is 14.2 Å². The van der Waals surface area contributed by atoms with Gasteiger partial charge in [0, 0.05) is 30.6 Å². The van der Waals surface area contributed by atoms with E-state index in [1.54, 1.807) is 25.5 Å². The Hall–Kier alpha value is -2.34. The molecule has 2 aromatic rings. The molecule has 0 bridgehead atoms. The first-order valence-corrected chi connectivity index (χ1v) is 8.25. The maximum absolute atomic E-state index is 12.8. The molecule has 25 heavy (non-hydrogen) atoms. The lowest BCUT2D eigenvalue weighted by atomic mass is 9.89. The number of ether oxygens (including phenoxy) is 1. The van der Waals surface area contributed by atoms with Gasteiger partial charge < -0.3 is 14.7 Å². The number of rotatable bonds is 7. The molecule has 0 unspecified atom stereocenters. The van der Waals surface area contributed by atoms with Crippen LogP contribution in [0, 0.1) is 5.41 Å². The highest BCUT2D eigenvalue weighted by Gasteiger charge is 2.31. The highest BCUT2D eigenvalue weighted by atomic mass is 16.5. The Balaban J connectivity index is 2.46. The molecule has 136 valence electrons. The zero-order valence-electron chi connectivity index (χ0n) is 15.5. The number of hydrogen-bond acceptors (Lipinski definition) is 4. The van der Waals surface area contributed by atoms with Crippen molar-refractivity contribution in [3.8, 4) is 5.75 Å². The fourth-order valence-electron chi connectivity index (χ4n) is 2.69. The zero-order valence-corrected chi connectivity index (χ0v) is 15.5. The Labute approximate surface area is 148 Å². The molecule has 1 aromatic heterocycles. The molecule has 6 nitrogen and oxygen atoms in total. The van der Waals surface area contributed by atoms with Crippen LogP contribution in [-0.4, -0.2) is 54.2 Å². The van der Waals surface area contributed by atoms with Crippen LogP contribution in [0.4, 0.5) is 0 Å². The largest absolute Gasteiger partial charge is 0.497 e. The molecular weight excluding hydrogens is 320 g/mol. The Bertz CT molecular complexity index is 790. The molecule has 0 spiro atoms. The molecule has 1 N–H and O–H groups in total. The zero-order chi connectivity index (χ0) is 18.8. The first kappa shape index (κ1) is 19.0. The number of carboxylic acid groups (broad SMARTS) is 1. The number of hydrogen-bond donors (Lipinski definition) is 1. The second kappa shape index (κ2) is 7.27. The van der Waals surface area contributed by atoms with E-state index < -0.39 is 11.4 Å². The van der Waals surface area contributed by atoms with Crippen LogP contribution in [0.3, 0.4) is 0 Å². The number of carbonyl (C=O) groups is 2. The average molecular weight is 346 g/mol. The lowest BCUT2D eigenvalue weighted by molar-refractivity contribution is -0.146. The fraction of sp³-hybridized carbons (Fsp3) is 0.474. The first-order valence-electron chi connectivity index (χ1n) is 8.25. The fourth-order valence-corrected chi connectivity index (χ4v) is 2.69. The monoisotopic (exact) mass is 346 g/mol. The number of fused-ring (bicyclic) bond motifs is 1. The molecule has 6 heteroatoms. The molecular formula is C19H26N2O4. The summed E-state index contributed by atoms with van der Waals surface area (Å²) in [6.45, 7) is 3.98. The van der Waals surface area contributed by atoms with Crippen LogP contribution in [0.15, 0.2) is 24.4 Å². The van der Waals surface area contributed by atoms with Gasteiger partial charge in [-0.15, -0.1) is 0 Å². The van der Waals surface area contributed by atoms with Crippen molar-refractivity contribution < 1.29 is 19.4 Å². The number of nitrogens with zero attached hydrogens (tertiary/aromatic N) is 2. The van der Waals surface area contributed by atoms with Crippen LogP contribution in [0.1, 0.15) is 30.6 Å². The minimum absolute atomic E-state index is 0.0730. The number of carbonyl (C=O) groups excluding carboxylic acids is 1. The summed E-state index contributed by atoms with van der Waals surface area (Å²) in [4.78, 5) is 26.2. The van der Waals surface area contributed by atoms with Crippen molar-refractivity contribution >= 4 is 22.8 Å². The Morgan fingerprint density at radius 1 is 1.28 bits per heavy atom. The maximum atomic E-state index is 12.8. The van der Waals surface area contributed by atoms with Crippen LogP contribution in [-0.2, 0) is 11.2 Å². The van der Waals surface area contributed by atoms with Gasteiger partial charge in [0.05, 0.1) is 18.0 Å². The van der Waals surface area contributed by atoms with E-state index in [9.17, 15) is 14.7 Å². The van der Waals surface area contributed by atoms with E-state index in [0.717, 1.165) is 29.4 Å². The van der Waals surface area contributed by atoms with Gasteiger partial charge in [-0.05, 0) is 52.1 Å². The minimum Gasteiger partial charge on any atom is -0.497 e. The summed E-state index contributed by atoms with van der Waals surface area (Å²) in [7, 11) is 5.59. The van der Waals surface area contributed by atoms with Crippen LogP contribution in [0.5, 0.6) is 5.75 Å². The Morgan fingerprint density at radius 2 is 1.96 bits per heavy atom. The normalized spacial score (nSPS) is 11.9. The van der Waals surface area contributed by atoms with E-state index in [-0.39, 0.29) is 12.3 Å². The summed E-state index contributed by atoms with van der Waals surface area (Å²) < 4.78 is 6.84. The summed E-state index contributed by atoms with van der Waals surface area (Å²) >= 11 is 0. The quantitative estimate of drug-likeness (QED) is 0.835. The second-order valence-electron chi connectivity index (χ2n) is 7.22. The van der Waals surface area contributed by atoms with Crippen molar-refractivity contribution in [1.29, 1.82) is 0 Å². The summed E-state index contributed by atoms with van der Waals surface area (Å²) in [6, 6.07) is 5.64. The summed E-state index contributed by atoms with van der Waals surface area (Å²) in [5, 5.41) is 10.3. The average Bonchev–Trinajstić information content (AvgIpc) is 2.90. The van der Waals surface area contributed by atoms with Gasteiger partial charge in [-0.2, -0.15) is 0 Å². The number of aromatic nitrogens is 1. The molecule has 0 radical (unpaired) electrons. The maximum Gasteiger partial charge on any atom is 0.309 e. The van der Waals surface area contributed by atoms with E-state index in [4.69, 9.17) is 4.74 Å². The van der Waals surface area contributed by atoms with E-state index in [1.807, 2.05) is 38.5 Å². The van der Waals surface area contributed by atoms with Crippen LogP contribution in [0.25, 0.3) is 10.9 Å². The molecule has 1 aromatic carbocycles. The third kappa shape index (κ3) is 4.20. The van der Waals surface area contributed by atoms with Gasteiger partial charge in [0.15, 0.2) is 0 Å². The third-order valence-electron chi connectivity index (χ3n) is 4.36. The van der Waals surface area contributed by atoms with Gasteiger partial charge in [0.2, 0.25) is 5.91 Å². The highest BCUT2D eigenvalue weighted by molar-refractivity contribution is 5.96. The molecule has 0 saturated heterocycles. The molecule has 0 saturated carbocycles. The minimum atomic E-state index is -1.11. The van der Waals surface area contributed by atoms with Crippen molar-refractivity contribution in [2.24, 2.45) is 5.41 Å². The van der Waals surface area contributed by atoms with E-state index in [2.05, 4.69) is 4.90 Å². The number of likely N-dealkylation sites (N-methyl/N-ethyl adjacent to an activating group) is 1. The van der Waals surface area contributed by atoms with Crippen LogP contribution in [0.2, 0.25) is 0 Å². The summed E-state index contributed by atoms with van der Waals surface area (Å²) in [5.41, 5.74) is 0.697. The van der Waals surface area contributed by atoms with Gasteiger partial charge in [0.25, 0.3) is 0 Å². The molecule has 0 amide bonds. The first-order chi connectivity index (χ1) is 11.7. The van der Waals surface area contributed by atoms with E-state index >= 15 is 0 Å². The smallest absolute Gasteiger partial charge is 0.309 e. The number of aliphatic carboxylic acids is 1. The van der Waals surface area contributed by atoms with E-state index in [1.165, 1.54) is 0 Å². The molecule has 1 heterocycles. The van der Waals surface area contributed by atoms with Gasteiger partial charge in [-0.25, -0.2) is 0 Å². The van der Waals surface area contributed by atoms with Crippen molar-refractivity contribution in [2.75, 3.05) is 27.7 Å². The third-order valence-corrected chi connectivity index (χ3v) is 4.36. The van der Waals surface area contributed by atoms with Gasteiger partial charge in [0.1, 0.15) is 5.75 Å². The van der Waals surface area contributed by atoms with Crippen molar-refractivity contribution in [1.82, 2.24) is 9.47 Å². The number of methoxy groups -OCH3 is 1.